The maximum absolute atomic E-state index is 11.6. The average Bonchev–Trinajstić information content (AvgIpc) is 2.99. The summed E-state index contributed by atoms with van der Waals surface area (Å²) in [5.74, 6) is 1.67. The van der Waals surface area contributed by atoms with Crippen LogP contribution >= 0.6 is 0 Å². The Bertz CT molecular complexity index is 579. The Morgan fingerprint density at radius 2 is 2.25 bits per heavy atom. The molecule has 3 heteroatoms. The molecule has 82 valence electrons. The van der Waals surface area contributed by atoms with Crippen LogP contribution in [0.4, 0.5) is 0 Å². The molecule has 3 nitrogen and oxygen atoms in total. The Labute approximate surface area is 94.1 Å². The van der Waals surface area contributed by atoms with E-state index in [1.165, 1.54) is 12.8 Å². The summed E-state index contributed by atoms with van der Waals surface area (Å²) in [6.07, 6.45) is 4.42. The lowest BCUT2D eigenvalue weighted by atomic mass is 10.2. The van der Waals surface area contributed by atoms with Gasteiger partial charge in [-0.15, -0.1) is 0 Å². The molecule has 1 aliphatic rings. The first kappa shape index (κ1) is 9.58. The molecule has 0 amide bonds. The van der Waals surface area contributed by atoms with Crippen molar-refractivity contribution < 1.29 is 4.79 Å². The van der Waals surface area contributed by atoms with Crippen LogP contribution in [-0.2, 0) is 0 Å². The van der Waals surface area contributed by atoms with Crippen LogP contribution in [0.3, 0.4) is 0 Å². The molecule has 2 heterocycles. The van der Waals surface area contributed by atoms with Crippen LogP contribution in [-0.4, -0.2) is 15.2 Å². The molecule has 2 aromatic heterocycles. The lowest BCUT2D eigenvalue weighted by Gasteiger charge is -1.99. The van der Waals surface area contributed by atoms with Crippen molar-refractivity contribution in [2.75, 3.05) is 0 Å². The topological polar surface area (TPSA) is 34.4 Å². The number of hydrogen-bond donors (Lipinski definition) is 0. The number of ketones is 1. The quantitative estimate of drug-likeness (QED) is 0.720. The van der Waals surface area contributed by atoms with Crippen LogP contribution in [0.15, 0.2) is 18.3 Å². The third-order valence-electron chi connectivity index (χ3n) is 3.10. The summed E-state index contributed by atoms with van der Waals surface area (Å²) in [5, 5.41) is 0. The smallest absolute Gasteiger partial charge is 0.180 e. The number of aryl methyl sites for hydroxylation is 1. The largest absolute Gasteiger partial charge is 0.303 e. The zero-order valence-electron chi connectivity index (χ0n) is 9.53. The third-order valence-corrected chi connectivity index (χ3v) is 3.10. The lowest BCUT2D eigenvalue weighted by molar-refractivity contribution is 0.101. The fourth-order valence-corrected chi connectivity index (χ4v) is 2.10. The number of imidazole rings is 1. The zero-order valence-corrected chi connectivity index (χ0v) is 9.53. The van der Waals surface area contributed by atoms with E-state index in [1.807, 2.05) is 19.2 Å². The molecule has 0 saturated heterocycles. The van der Waals surface area contributed by atoms with Gasteiger partial charge in [0.2, 0.25) is 0 Å². The molecule has 1 saturated carbocycles. The second-order valence-electron chi connectivity index (χ2n) is 4.61. The van der Waals surface area contributed by atoms with Gasteiger partial charge in [-0.2, -0.15) is 0 Å². The van der Waals surface area contributed by atoms with E-state index in [4.69, 9.17) is 0 Å². The average molecular weight is 214 g/mol. The molecule has 0 bridgehead atoms. The third kappa shape index (κ3) is 1.35. The highest BCUT2D eigenvalue weighted by atomic mass is 16.1. The van der Waals surface area contributed by atoms with Gasteiger partial charge in [0.25, 0.3) is 0 Å². The molecule has 0 aliphatic heterocycles. The van der Waals surface area contributed by atoms with Crippen molar-refractivity contribution in [2.45, 2.75) is 32.6 Å². The van der Waals surface area contributed by atoms with E-state index in [0.29, 0.717) is 11.6 Å². The maximum atomic E-state index is 11.6. The van der Waals surface area contributed by atoms with Crippen molar-refractivity contribution in [3.05, 3.63) is 35.4 Å². The molecule has 16 heavy (non-hydrogen) atoms. The Kier molecular flexibility index (Phi) is 1.90. The minimum absolute atomic E-state index is 0.0509. The Balaban J connectivity index is 2.32. The van der Waals surface area contributed by atoms with E-state index in [0.717, 1.165) is 16.9 Å². The van der Waals surface area contributed by atoms with Gasteiger partial charge in [-0.1, -0.05) is 0 Å². The van der Waals surface area contributed by atoms with E-state index < -0.39 is 0 Å². The number of nitrogens with zero attached hydrogens (tertiary/aromatic N) is 2. The highest BCUT2D eigenvalue weighted by Gasteiger charge is 2.29. The summed E-state index contributed by atoms with van der Waals surface area (Å²) in [4.78, 5) is 16.1. The fraction of sp³-hybridized carbons (Fsp3) is 0.385. The van der Waals surface area contributed by atoms with Crippen molar-refractivity contribution in [1.82, 2.24) is 9.38 Å². The molecule has 0 atom stereocenters. The molecular formula is C13H14N2O. The molecule has 3 rings (SSSR count). The van der Waals surface area contributed by atoms with E-state index in [9.17, 15) is 4.79 Å². The van der Waals surface area contributed by atoms with E-state index in [-0.39, 0.29) is 5.78 Å². The van der Waals surface area contributed by atoms with Gasteiger partial charge >= 0.3 is 0 Å². The fourth-order valence-electron chi connectivity index (χ4n) is 2.10. The number of Topliss-reactive ketones (excluding diaryl/α,β-unsaturated/α-hetero) is 1. The van der Waals surface area contributed by atoms with Gasteiger partial charge in [0, 0.05) is 19.0 Å². The summed E-state index contributed by atoms with van der Waals surface area (Å²) < 4.78 is 2.07. The standard InChI is InChI=1S/C13H14N2O/c1-8-5-6-15-11(7-8)12(9(2)16)14-13(15)10-3-4-10/h5-7,10H,3-4H2,1-2H3. The molecule has 0 radical (unpaired) electrons. The van der Waals surface area contributed by atoms with Gasteiger partial charge in [-0.25, -0.2) is 4.98 Å². The van der Waals surface area contributed by atoms with Crippen LogP contribution in [0.1, 0.15) is 47.6 Å². The number of rotatable bonds is 2. The van der Waals surface area contributed by atoms with Gasteiger partial charge < -0.3 is 4.40 Å². The molecule has 2 aromatic rings. The highest BCUT2D eigenvalue weighted by Crippen LogP contribution is 2.40. The Hall–Kier alpha value is -1.64. The monoisotopic (exact) mass is 214 g/mol. The SMILES string of the molecule is CC(=O)c1nc(C2CC2)n2ccc(C)cc12. The van der Waals surface area contributed by atoms with E-state index in [1.54, 1.807) is 6.92 Å². The van der Waals surface area contributed by atoms with Crippen LogP contribution in [0, 0.1) is 6.92 Å². The van der Waals surface area contributed by atoms with Crippen molar-refractivity contribution in [3.8, 4) is 0 Å². The van der Waals surface area contributed by atoms with Crippen LogP contribution in [0.25, 0.3) is 5.52 Å². The van der Waals surface area contributed by atoms with Gasteiger partial charge in [-0.05, 0) is 37.5 Å². The molecule has 1 fully saturated rings. The van der Waals surface area contributed by atoms with Gasteiger partial charge in [0.15, 0.2) is 5.78 Å². The van der Waals surface area contributed by atoms with Crippen LogP contribution < -0.4 is 0 Å². The maximum Gasteiger partial charge on any atom is 0.180 e. The number of carbonyl (C=O) groups excluding carboxylic acids is 1. The van der Waals surface area contributed by atoms with Crippen molar-refractivity contribution >= 4 is 11.3 Å². The number of pyridine rings is 1. The zero-order chi connectivity index (χ0) is 11.3. The summed E-state index contributed by atoms with van der Waals surface area (Å²) in [7, 11) is 0. The van der Waals surface area contributed by atoms with Crippen molar-refractivity contribution in [3.63, 3.8) is 0 Å². The van der Waals surface area contributed by atoms with Crippen LogP contribution in [0.5, 0.6) is 0 Å². The molecule has 0 aromatic carbocycles. The number of hydrogen-bond acceptors (Lipinski definition) is 2. The first-order valence-electron chi connectivity index (χ1n) is 5.66. The lowest BCUT2D eigenvalue weighted by Crippen LogP contribution is -1.93. The molecule has 0 unspecified atom stereocenters. The minimum Gasteiger partial charge on any atom is -0.303 e. The number of aromatic nitrogens is 2. The predicted molar refractivity (Wildman–Crippen MR) is 61.9 cm³/mol. The van der Waals surface area contributed by atoms with E-state index >= 15 is 0 Å². The highest BCUT2D eigenvalue weighted by molar-refractivity contribution is 5.99. The molecule has 1 aliphatic carbocycles. The number of carbonyl (C=O) groups is 1. The van der Waals surface area contributed by atoms with E-state index in [2.05, 4.69) is 15.5 Å². The molecule has 0 spiro atoms. The summed E-state index contributed by atoms with van der Waals surface area (Å²) >= 11 is 0. The second-order valence-corrected chi connectivity index (χ2v) is 4.61. The van der Waals surface area contributed by atoms with Crippen molar-refractivity contribution in [1.29, 1.82) is 0 Å². The number of fused-ring (bicyclic) bond motifs is 1. The Morgan fingerprint density at radius 3 is 2.88 bits per heavy atom. The summed E-state index contributed by atoms with van der Waals surface area (Å²) in [5.41, 5.74) is 2.73. The molecule has 0 N–H and O–H groups in total. The summed E-state index contributed by atoms with van der Waals surface area (Å²) in [6, 6.07) is 4.10. The normalized spacial score (nSPS) is 15.6. The molecular weight excluding hydrogens is 200 g/mol. The summed E-state index contributed by atoms with van der Waals surface area (Å²) in [6.45, 7) is 3.62. The minimum atomic E-state index is 0.0509. The Morgan fingerprint density at radius 1 is 1.50 bits per heavy atom. The van der Waals surface area contributed by atoms with Crippen molar-refractivity contribution in [2.24, 2.45) is 0 Å². The predicted octanol–water partition coefficient (Wildman–Crippen LogP) is 2.72. The first-order chi connectivity index (χ1) is 7.66. The second kappa shape index (κ2) is 3.17. The first-order valence-corrected chi connectivity index (χ1v) is 5.66. The van der Waals surface area contributed by atoms with Gasteiger partial charge in [0.1, 0.15) is 11.5 Å². The van der Waals surface area contributed by atoms with Gasteiger partial charge in [-0.3, -0.25) is 4.79 Å². The van der Waals surface area contributed by atoms with Crippen LogP contribution in [0.2, 0.25) is 0 Å². The van der Waals surface area contributed by atoms with Gasteiger partial charge in [0.05, 0.1) is 5.52 Å².